The summed E-state index contributed by atoms with van der Waals surface area (Å²) in [4.78, 5) is 4.96. The topological polar surface area (TPSA) is 87.4 Å². The zero-order valence-corrected chi connectivity index (χ0v) is 30.0. The van der Waals surface area contributed by atoms with Crippen LogP contribution in [0.4, 0.5) is 0 Å². The summed E-state index contributed by atoms with van der Waals surface area (Å²) in [6, 6.07) is 35.3. The van der Waals surface area contributed by atoms with Gasteiger partial charge in [-0.3, -0.25) is 0 Å². The van der Waals surface area contributed by atoms with Gasteiger partial charge in [-0.15, -0.1) is 0 Å². The fourth-order valence-electron chi connectivity index (χ4n) is 7.66. The summed E-state index contributed by atoms with van der Waals surface area (Å²) in [6.07, 6.45) is 6.33. The number of hydrogen-bond acceptors (Lipinski definition) is 6. The van der Waals surface area contributed by atoms with Gasteiger partial charge in [-0.25, -0.2) is 0 Å². The molecular weight excluding hydrogens is 645 g/mol. The van der Waals surface area contributed by atoms with Crippen LogP contribution >= 0.6 is 0 Å². The van der Waals surface area contributed by atoms with Gasteiger partial charge in [0, 0.05) is 13.1 Å². The van der Waals surface area contributed by atoms with Crippen molar-refractivity contribution in [2.24, 2.45) is 23.7 Å². The zero-order valence-electron chi connectivity index (χ0n) is 30.0. The van der Waals surface area contributed by atoms with Crippen molar-refractivity contribution in [3.63, 3.8) is 0 Å². The maximum Gasteiger partial charge on any atom is 0.115 e. The smallest absolute Gasteiger partial charge is 0.115 e. The van der Waals surface area contributed by atoms with E-state index in [0.29, 0.717) is 0 Å². The first-order valence-electron chi connectivity index (χ1n) is 18.7. The molecule has 52 heavy (non-hydrogen) atoms. The highest BCUT2D eigenvalue weighted by Crippen LogP contribution is 2.29. The molecule has 4 aromatic carbocycles. The van der Waals surface area contributed by atoms with Crippen molar-refractivity contribution in [3.8, 4) is 11.5 Å². The van der Waals surface area contributed by atoms with E-state index in [-0.39, 0.29) is 38.2 Å². The molecule has 2 saturated heterocycles. The quantitative estimate of drug-likeness (QED) is 0.117. The lowest BCUT2D eigenvalue weighted by Crippen LogP contribution is -2.38. The number of phenols is 2. The van der Waals surface area contributed by atoms with E-state index in [4.69, 9.17) is 0 Å². The number of piperidine rings is 2. The molecule has 2 aliphatic rings. The van der Waals surface area contributed by atoms with Crippen LogP contribution in [0.2, 0.25) is 0 Å². The molecule has 2 fully saturated rings. The molecule has 4 N–H and O–H groups in total. The summed E-state index contributed by atoms with van der Waals surface area (Å²) in [5.74, 6) is 2.38. The Morgan fingerprint density at radius 2 is 0.808 bits per heavy atom. The lowest BCUT2D eigenvalue weighted by molar-refractivity contribution is 0.0750. The van der Waals surface area contributed by atoms with Gasteiger partial charge >= 0.3 is 0 Å². The highest BCUT2D eigenvalue weighted by Gasteiger charge is 2.25. The lowest BCUT2D eigenvalue weighted by Gasteiger charge is -2.34. The third kappa shape index (κ3) is 13.4. The van der Waals surface area contributed by atoms with Crippen molar-refractivity contribution < 1.29 is 20.4 Å². The van der Waals surface area contributed by atoms with Crippen molar-refractivity contribution in [1.82, 2.24) is 9.80 Å². The second kappa shape index (κ2) is 21.8. The van der Waals surface area contributed by atoms with Crippen LogP contribution in [0.5, 0.6) is 11.5 Å². The van der Waals surface area contributed by atoms with Crippen molar-refractivity contribution >= 4 is 0 Å². The van der Waals surface area contributed by atoms with E-state index in [9.17, 15) is 20.4 Å². The number of phenolic OH excluding ortho intramolecular Hbond substituents is 2. The van der Waals surface area contributed by atoms with Gasteiger partial charge in [-0.05, 0) is 135 Å². The Morgan fingerprint density at radius 3 is 1.12 bits per heavy atom. The van der Waals surface area contributed by atoms with Crippen LogP contribution in [-0.2, 0) is 12.8 Å². The fourth-order valence-corrected chi connectivity index (χ4v) is 7.66. The van der Waals surface area contributed by atoms with E-state index >= 15 is 0 Å². The molecule has 0 amide bonds. The van der Waals surface area contributed by atoms with Gasteiger partial charge in [0.05, 0.1) is 12.2 Å². The number of nitrogens with zero attached hydrogens (tertiary/aromatic N) is 2. The van der Waals surface area contributed by atoms with Gasteiger partial charge in [0.25, 0.3) is 0 Å². The van der Waals surface area contributed by atoms with Gasteiger partial charge < -0.3 is 30.2 Å². The minimum Gasteiger partial charge on any atom is -0.508 e. The first-order valence-corrected chi connectivity index (χ1v) is 18.7. The standard InChI is InChI=1S/2C22H29NO2.2CH4/c2*1-17(22(25)20-7-9-21(24)10-8-20)16-23-13-11-19(12-14-23)15-18-5-3-2-4-6-18;;/h2*2-10,17,19,22,24-25H,11-16H2,1H3;2*1H4/t17-,22+;;;/m0.../s1. The molecule has 0 bridgehead atoms. The summed E-state index contributed by atoms with van der Waals surface area (Å²) < 4.78 is 0. The summed E-state index contributed by atoms with van der Waals surface area (Å²) in [5, 5.41) is 39.9. The molecule has 4 aromatic rings. The second-order valence-electron chi connectivity index (χ2n) is 14.9. The van der Waals surface area contributed by atoms with Crippen LogP contribution in [0.25, 0.3) is 0 Å². The largest absolute Gasteiger partial charge is 0.508 e. The molecule has 284 valence electrons. The first-order chi connectivity index (χ1) is 24.2. The Hall–Kier alpha value is -3.68. The summed E-state index contributed by atoms with van der Waals surface area (Å²) in [6.45, 7) is 10.5. The predicted molar refractivity (Wildman–Crippen MR) is 217 cm³/mol. The van der Waals surface area contributed by atoms with Crippen LogP contribution in [0, 0.1) is 23.7 Å². The number of aliphatic hydroxyl groups is 2. The molecule has 4 atom stereocenters. The molecule has 6 heteroatoms. The Bertz CT molecular complexity index is 1380. The van der Waals surface area contributed by atoms with E-state index in [1.165, 1.54) is 49.7 Å². The van der Waals surface area contributed by atoms with E-state index in [1.807, 2.05) is 24.3 Å². The zero-order chi connectivity index (χ0) is 35.3. The molecule has 0 spiro atoms. The molecule has 2 aliphatic heterocycles. The Morgan fingerprint density at radius 1 is 0.500 bits per heavy atom. The number of aromatic hydroxyl groups is 2. The Labute approximate surface area is 314 Å². The van der Waals surface area contributed by atoms with E-state index in [2.05, 4.69) is 84.3 Å². The molecule has 0 radical (unpaired) electrons. The molecule has 0 aromatic heterocycles. The van der Waals surface area contributed by atoms with Crippen molar-refractivity contribution in [1.29, 1.82) is 0 Å². The van der Waals surface area contributed by atoms with Gasteiger partial charge in [-0.1, -0.05) is 114 Å². The average Bonchev–Trinajstić information content (AvgIpc) is 3.14. The normalized spacial score (nSPS) is 18.1. The van der Waals surface area contributed by atoms with E-state index in [0.717, 1.165) is 62.2 Å². The summed E-state index contributed by atoms with van der Waals surface area (Å²) in [7, 11) is 0. The van der Waals surface area contributed by atoms with Gasteiger partial charge in [0.2, 0.25) is 0 Å². The van der Waals surface area contributed by atoms with Crippen LogP contribution in [0.15, 0.2) is 109 Å². The highest BCUT2D eigenvalue weighted by molar-refractivity contribution is 5.28. The van der Waals surface area contributed by atoms with Crippen molar-refractivity contribution in [2.75, 3.05) is 39.3 Å². The average molecular weight is 711 g/mol. The summed E-state index contributed by atoms with van der Waals surface area (Å²) in [5.41, 5.74) is 4.64. The number of aliphatic hydroxyl groups excluding tert-OH is 2. The maximum absolute atomic E-state index is 10.5. The van der Waals surface area contributed by atoms with Crippen LogP contribution in [-0.4, -0.2) is 69.5 Å². The first kappa shape index (κ1) is 42.7. The summed E-state index contributed by atoms with van der Waals surface area (Å²) >= 11 is 0. The van der Waals surface area contributed by atoms with E-state index < -0.39 is 12.2 Å². The Balaban J connectivity index is 0.000000270. The third-order valence-electron chi connectivity index (χ3n) is 10.8. The number of benzene rings is 4. The molecule has 2 heterocycles. The van der Waals surface area contributed by atoms with Crippen molar-refractivity contribution in [2.45, 2.75) is 79.4 Å². The number of hydrogen-bond donors (Lipinski definition) is 4. The predicted octanol–water partition coefficient (Wildman–Crippen LogP) is 9.31. The third-order valence-corrected chi connectivity index (χ3v) is 10.8. The molecule has 6 nitrogen and oxygen atoms in total. The molecule has 0 saturated carbocycles. The fraction of sp³-hybridized carbons (Fsp3) is 0.478. The van der Waals surface area contributed by atoms with Crippen LogP contribution < -0.4 is 0 Å². The molecular formula is C46H66N2O4. The monoisotopic (exact) mass is 711 g/mol. The van der Waals surface area contributed by atoms with Crippen molar-refractivity contribution in [3.05, 3.63) is 131 Å². The van der Waals surface area contributed by atoms with Gasteiger partial charge in [0.15, 0.2) is 0 Å². The second-order valence-corrected chi connectivity index (χ2v) is 14.9. The number of rotatable bonds is 12. The molecule has 0 aliphatic carbocycles. The highest BCUT2D eigenvalue weighted by atomic mass is 16.3. The van der Waals surface area contributed by atoms with Gasteiger partial charge in [0.1, 0.15) is 11.5 Å². The van der Waals surface area contributed by atoms with E-state index in [1.54, 1.807) is 24.3 Å². The Kier molecular flexibility index (Phi) is 17.9. The van der Waals surface area contributed by atoms with Crippen LogP contribution in [0.3, 0.4) is 0 Å². The minimum absolute atomic E-state index is 0. The molecule has 6 rings (SSSR count). The van der Waals surface area contributed by atoms with Gasteiger partial charge in [-0.2, -0.15) is 0 Å². The SMILES string of the molecule is C.C.CC(CN1CCC(Cc2ccccc2)CC1)C(O)c1ccc(O)cc1.C[C@@H](CN1CCC(Cc2ccccc2)CC1)[C@@H](O)c1ccc(O)cc1. The van der Waals surface area contributed by atoms with Crippen LogP contribution in [0.1, 0.15) is 88.8 Å². The lowest BCUT2D eigenvalue weighted by atomic mass is 9.89. The maximum atomic E-state index is 10.5. The number of likely N-dealkylation sites (tertiary alicyclic amines) is 2. The minimum atomic E-state index is -0.484. The molecule has 2 unspecified atom stereocenters.